The predicted molar refractivity (Wildman–Crippen MR) is 60.5 cm³/mol. The summed E-state index contributed by atoms with van der Waals surface area (Å²) in [7, 11) is 0. The van der Waals surface area contributed by atoms with E-state index in [1.54, 1.807) is 19.1 Å². The zero-order valence-corrected chi connectivity index (χ0v) is 10.1. The molecule has 0 saturated heterocycles. The molecule has 0 atom stereocenters. The maximum atomic E-state index is 13.4. The molecule has 2 aromatic rings. The number of benzene rings is 1. The third-order valence-corrected chi connectivity index (χ3v) is 2.46. The van der Waals surface area contributed by atoms with Crippen molar-refractivity contribution in [1.82, 2.24) is 10.2 Å². The van der Waals surface area contributed by atoms with Gasteiger partial charge in [-0.3, -0.25) is 0 Å². The minimum Gasteiger partial charge on any atom is -0.408 e. The number of rotatable bonds is 3. The summed E-state index contributed by atoms with van der Waals surface area (Å²) in [6, 6.07) is 5.04. The van der Waals surface area contributed by atoms with Crippen LogP contribution in [-0.2, 0) is 6.54 Å². The number of aryl methyl sites for hydroxylation is 1. The van der Waals surface area contributed by atoms with Gasteiger partial charge in [0, 0.05) is 23.5 Å². The van der Waals surface area contributed by atoms with E-state index in [4.69, 9.17) is 4.42 Å². The van der Waals surface area contributed by atoms with Crippen LogP contribution in [0.1, 0.15) is 11.5 Å². The fourth-order valence-corrected chi connectivity index (χ4v) is 1.63. The summed E-state index contributed by atoms with van der Waals surface area (Å²) >= 11 is 3.28. The summed E-state index contributed by atoms with van der Waals surface area (Å²) in [5.41, 5.74) is 0.533. The van der Waals surface area contributed by atoms with E-state index in [0.717, 1.165) is 4.47 Å². The topological polar surface area (TPSA) is 51.0 Å². The molecule has 0 bridgehead atoms. The summed E-state index contributed by atoms with van der Waals surface area (Å²) in [6.07, 6.45) is 0. The summed E-state index contributed by atoms with van der Waals surface area (Å²) in [5, 5.41) is 10.3. The monoisotopic (exact) mass is 285 g/mol. The van der Waals surface area contributed by atoms with Crippen LogP contribution in [0.2, 0.25) is 0 Å². The second-order valence-electron chi connectivity index (χ2n) is 3.22. The van der Waals surface area contributed by atoms with E-state index in [9.17, 15) is 4.39 Å². The fourth-order valence-electron chi connectivity index (χ4n) is 1.22. The largest absolute Gasteiger partial charge is 0.408 e. The average Bonchev–Trinajstić information content (AvgIpc) is 2.66. The number of nitrogens with zero attached hydrogens (tertiary/aromatic N) is 2. The number of aromatic nitrogens is 2. The van der Waals surface area contributed by atoms with Crippen molar-refractivity contribution in [3.63, 3.8) is 0 Å². The third kappa shape index (κ3) is 2.57. The molecule has 84 valence electrons. The molecule has 0 saturated carbocycles. The third-order valence-electron chi connectivity index (χ3n) is 1.96. The lowest BCUT2D eigenvalue weighted by atomic mass is 10.2. The number of halogens is 2. The van der Waals surface area contributed by atoms with Crippen molar-refractivity contribution in [1.29, 1.82) is 0 Å². The molecule has 2 rings (SSSR count). The minimum atomic E-state index is -0.271. The molecule has 0 aliphatic rings. The van der Waals surface area contributed by atoms with E-state index in [-0.39, 0.29) is 11.8 Å². The molecule has 1 heterocycles. The SMILES string of the molecule is Cc1nnc(NCc2cc(Br)ccc2F)o1. The van der Waals surface area contributed by atoms with Crippen LogP contribution in [0, 0.1) is 12.7 Å². The van der Waals surface area contributed by atoms with Crippen LogP contribution in [0.15, 0.2) is 27.1 Å². The first-order valence-electron chi connectivity index (χ1n) is 4.63. The Morgan fingerprint density at radius 2 is 2.25 bits per heavy atom. The van der Waals surface area contributed by atoms with Crippen LogP contribution in [-0.4, -0.2) is 10.2 Å². The highest BCUT2D eigenvalue weighted by molar-refractivity contribution is 9.10. The van der Waals surface area contributed by atoms with Gasteiger partial charge in [-0.05, 0) is 18.2 Å². The second-order valence-corrected chi connectivity index (χ2v) is 4.13. The van der Waals surface area contributed by atoms with Crippen molar-refractivity contribution in [2.45, 2.75) is 13.5 Å². The Kier molecular flexibility index (Phi) is 3.19. The Morgan fingerprint density at radius 1 is 1.44 bits per heavy atom. The molecule has 6 heteroatoms. The van der Waals surface area contributed by atoms with Crippen LogP contribution < -0.4 is 5.32 Å². The van der Waals surface area contributed by atoms with Crippen LogP contribution >= 0.6 is 15.9 Å². The van der Waals surface area contributed by atoms with Crippen LogP contribution in [0.4, 0.5) is 10.4 Å². The van der Waals surface area contributed by atoms with Gasteiger partial charge in [0.2, 0.25) is 5.89 Å². The maximum Gasteiger partial charge on any atom is 0.315 e. The fraction of sp³-hybridized carbons (Fsp3) is 0.200. The zero-order valence-electron chi connectivity index (χ0n) is 8.50. The van der Waals surface area contributed by atoms with Gasteiger partial charge in [0.15, 0.2) is 0 Å². The first kappa shape index (κ1) is 11.1. The van der Waals surface area contributed by atoms with Crippen LogP contribution in [0.3, 0.4) is 0 Å². The molecule has 0 radical (unpaired) electrons. The van der Waals surface area contributed by atoms with Gasteiger partial charge >= 0.3 is 6.01 Å². The van der Waals surface area contributed by atoms with Crippen LogP contribution in [0.25, 0.3) is 0 Å². The molecular weight excluding hydrogens is 277 g/mol. The molecule has 16 heavy (non-hydrogen) atoms. The van der Waals surface area contributed by atoms with E-state index >= 15 is 0 Å². The summed E-state index contributed by atoms with van der Waals surface area (Å²) < 4.78 is 19.3. The molecule has 0 aliphatic carbocycles. The van der Waals surface area contributed by atoms with Gasteiger partial charge in [-0.2, -0.15) is 0 Å². The zero-order chi connectivity index (χ0) is 11.5. The molecule has 0 fully saturated rings. The highest BCUT2D eigenvalue weighted by Crippen LogP contribution is 2.16. The smallest absolute Gasteiger partial charge is 0.315 e. The van der Waals surface area contributed by atoms with E-state index in [1.807, 2.05) is 0 Å². The van der Waals surface area contributed by atoms with Gasteiger partial charge in [-0.15, -0.1) is 5.10 Å². The van der Waals surface area contributed by atoms with E-state index in [0.29, 0.717) is 18.0 Å². The molecule has 0 aliphatic heterocycles. The molecule has 1 aromatic heterocycles. The van der Waals surface area contributed by atoms with Gasteiger partial charge in [-0.1, -0.05) is 21.0 Å². The molecule has 1 aromatic carbocycles. The minimum absolute atomic E-state index is 0.271. The predicted octanol–water partition coefficient (Wildman–Crippen LogP) is 2.89. The quantitative estimate of drug-likeness (QED) is 0.942. The summed E-state index contributed by atoms with van der Waals surface area (Å²) in [4.78, 5) is 0. The highest BCUT2D eigenvalue weighted by Gasteiger charge is 2.05. The lowest BCUT2D eigenvalue weighted by Crippen LogP contribution is -2.02. The van der Waals surface area contributed by atoms with Crippen molar-refractivity contribution in [2.75, 3.05) is 5.32 Å². The maximum absolute atomic E-state index is 13.4. The Bertz CT molecular complexity index is 501. The lowest BCUT2D eigenvalue weighted by Gasteiger charge is -2.03. The van der Waals surface area contributed by atoms with Crippen molar-refractivity contribution < 1.29 is 8.81 Å². The van der Waals surface area contributed by atoms with Gasteiger partial charge in [0.25, 0.3) is 0 Å². The first-order valence-corrected chi connectivity index (χ1v) is 5.42. The first-order chi connectivity index (χ1) is 7.65. The van der Waals surface area contributed by atoms with Gasteiger partial charge in [0.05, 0.1) is 0 Å². The lowest BCUT2D eigenvalue weighted by molar-refractivity contribution is 0.529. The highest BCUT2D eigenvalue weighted by atomic mass is 79.9. The van der Waals surface area contributed by atoms with Crippen LogP contribution in [0.5, 0.6) is 0 Å². The number of anilines is 1. The van der Waals surface area contributed by atoms with E-state index < -0.39 is 0 Å². The van der Waals surface area contributed by atoms with Crippen molar-refractivity contribution in [2.24, 2.45) is 0 Å². The van der Waals surface area contributed by atoms with E-state index in [2.05, 4.69) is 31.4 Å². The molecule has 4 nitrogen and oxygen atoms in total. The normalized spacial score (nSPS) is 10.4. The standard InChI is InChI=1S/C10H9BrFN3O/c1-6-14-15-10(16-6)13-5-7-4-8(11)2-3-9(7)12/h2-4H,5H2,1H3,(H,13,15). The Hall–Kier alpha value is -1.43. The number of nitrogens with one attached hydrogen (secondary N) is 1. The molecule has 0 amide bonds. The summed E-state index contributed by atoms with van der Waals surface area (Å²) in [5.74, 6) is 0.198. The Balaban J connectivity index is 2.07. The van der Waals surface area contributed by atoms with Gasteiger partial charge < -0.3 is 9.73 Å². The average molecular weight is 286 g/mol. The molecular formula is C10H9BrFN3O. The number of hydrogen-bond acceptors (Lipinski definition) is 4. The van der Waals surface area contributed by atoms with E-state index in [1.165, 1.54) is 6.07 Å². The Labute approximate surface area is 100 Å². The molecule has 0 unspecified atom stereocenters. The molecule has 1 N–H and O–H groups in total. The van der Waals surface area contributed by atoms with Gasteiger partial charge in [-0.25, -0.2) is 4.39 Å². The molecule has 0 spiro atoms. The second kappa shape index (κ2) is 4.61. The van der Waals surface area contributed by atoms with Crippen molar-refractivity contribution in [3.05, 3.63) is 39.9 Å². The number of hydrogen-bond donors (Lipinski definition) is 1. The summed E-state index contributed by atoms with van der Waals surface area (Å²) in [6.45, 7) is 1.99. The van der Waals surface area contributed by atoms with Crippen molar-refractivity contribution >= 4 is 21.9 Å². The Morgan fingerprint density at radius 3 is 2.94 bits per heavy atom. The van der Waals surface area contributed by atoms with Crippen molar-refractivity contribution in [3.8, 4) is 0 Å². The van der Waals surface area contributed by atoms with Gasteiger partial charge in [0.1, 0.15) is 5.82 Å².